The van der Waals surface area contributed by atoms with Crippen LogP contribution in [-0.2, 0) is 0 Å². The number of ether oxygens (including phenoxy) is 2. The van der Waals surface area contributed by atoms with Gasteiger partial charge in [0.05, 0.1) is 11.8 Å². The Balaban J connectivity index is 2.17. The molecule has 0 atom stereocenters. The van der Waals surface area contributed by atoms with Crippen molar-refractivity contribution < 1.29 is 14.3 Å². The number of rotatable bonds is 5. The maximum Gasteiger partial charge on any atom is 0.248 e. The largest absolute Gasteiger partial charge is 0.489 e. The van der Waals surface area contributed by atoms with E-state index in [1.165, 1.54) is 0 Å². The number of carbonyl (C=O) groups excluding carboxylic acids is 1. The second kappa shape index (κ2) is 6.17. The van der Waals surface area contributed by atoms with Gasteiger partial charge in [0.15, 0.2) is 0 Å². The number of benzene rings is 2. The molecular formula is C16H18N2O3. The van der Waals surface area contributed by atoms with Crippen molar-refractivity contribution >= 4 is 11.6 Å². The van der Waals surface area contributed by atoms with Crippen LogP contribution >= 0.6 is 0 Å². The molecule has 0 heterocycles. The minimum absolute atomic E-state index is 0.0254. The SMILES string of the molecule is CC(C)Oc1cc(Oc2ccc(C(N)=O)cc2)ccc1N. The summed E-state index contributed by atoms with van der Waals surface area (Å²) in [6.45, 7) is 3.85. The van der Waals surface area contributed by atoms with Gasteiger partial charge >= 0.3 is 0 Å². The van der Waals surface area contributed by atoms with Gasteiger partial charge in [-0.15, -0.1) is 0 Å². The number of nitrogen functional groups attached to an aromatic ring is 1. The van der Waals surface area contributed by atoms with Crippen molar-refractivity contribution in [2.45, 2.75) is 20.0 Å². The van der Waals surface area contributed by atoms with Crippen molar-refractivity contribution in [3.8, 4) is 17.2 Å². The summed E-state index contributed by atoms with van der Waals surface area (Å²) in [6, 6.07) is 11.8. The first-order valence-electron chi connectivity index (χ1n) is 6.59. The maximum atomic E-state index is 11.0. The highest BCUT2D eigenvalue weighted by molar-refractivity contribution is 5.92. The fourth-order valence-corrected chi connectivity index (χ4v) is 1.76. The van der Waals surface area contributed by atoms with Crippen molar-refractivity contribution in [2.24, 2.45) is 5.73 Å². The highest BCUT2D eigenvalue weighted by Gasteiger charge is 2.07. The average Bonchev–Trinajstić information content (AvgIpc) is 2.42. The zero-order chi connectivity index (χ0) is 15.4. The molecule has 5 heteroatoms. The van der Waals surface area contributed by atoms with Crippen molar-refractivity contribution in [3.05, 3.63) is 48.0 Å². The van der Waals surface area contributed by atoms with Crippen LogP contribution in [0.5, 0.6) is 17.2 Å². The third-order valence-electron chi connectivity index (χ3n) is 2.72. The van der Waals surface area contributed by atoms with Crippen LogP contribution in [0.15, 0.2) is 42.5 Å². The summed E-state index contributed by atoms with van der Waals surface area (Å²) in [5.41, 5.74) is 12.0. The lowest BCUT2D eigenvalue weighted by molar-refractivity contribution is 0.100. The van der Waals surface area contributed by atoms with E-state index in [0.29, 0.717) is 28.5 Å². The van der Waals surface area contributed by atoms with E-state index in [0.717, 1.165) is 0 Å². The molecule has 110 valence electrons. The van der Waals surface area contributed by atoms with Gasteiger partial charge in [0.2, 0.25) is 5.91 Å². The minimum atomic E-state index is -0.471. The van der Waals surface area contributed by atoms with Crippen LogP contribution in [0.25, 0.3) is 0 Å². The number of nitrogens with two attached hydrogens (primary N) is 2. The van der Waals surface area contributed by atoms with E-state index >= 15 is 0 Å². The third kappa shape index (κ3) is 3.89. The summed E-state index contributed by atoms with van der Waals surface area (Å²) in [6.07, 6.45) is 0.0254. The molecule has 5 nitrogen and oxygen atoms in total. The zero-order valence-corrected chi connectivity index (χ0v) is 12.0. The molecule has 0 fully saturated rings. The molecule has 2 aromatic rings. The van der Waals surface area contributed by atoms with E-state index in [1.54, 1.807) is 42.5 Å². The molecule has 2 rings (SSSR count). The predicted molar refractivity (Wildman–Crippen MR) is 81.7 cm³/mol. The lowest BCUT2D eigenvalue weighted by atomic mass is 10.2. The van der Waals surface area contributed by atoms with E-state index in [2.05, 4.69) is 0 Å². The molecule has 0 spiro atoms. The van der Waals surface area contributed by atoms with E-state index in [9.17, 15) is 4.79 Å². The van der Waals surface area contributed by atoms with Gasteiger partial charge in [-0.2, -0.15) is 0 Å². The molecule has 0 saturated heterocycles. The molecule has 0 unspecified atom stereocenters. The summed E-state index contributed by atoms with van der Waals surface area (Å²) in [5.74, 6) is 1.31. The van der Waals surface area contributed by atoms with E-state index in [4.69, 9.17) is 20.9 Å². The normalized spacial score (nSPS) is 10.4. The van der Waals surface area contributed by atoms with Gasteiger partial charge in [-0.25, -0.2) is 0 Å². The molecule has 21 heavy (non-hydrogen) atoms. The Kier molecular flexibility index (Phi) is 4.33. The molecule has 0 aliphatic rings. The topological polar surface area (TPSA) is 87.6 Å². The fourth-order valence-electron chi connectivity index (χ4n) is 1.76. The third-order valence-corrected chi connectivity index (χ3v) is 2.72. The molecule has 0 saturated carbocycles. The van der Waals surface area contributed by atoms with Crippen LogP contribution in [0.2, 0.25) is 0 Å². The Hall–Kier alpha value is -2.69. The van der Waals surface area contributed by atoms with Gasteiger partial charge in [-0.1, -0.05) is 0 Å². The van der Waals surface area contributed by atoms with Gasteiger partial charge in [0.25, 0.3) is 0 Å². The van der Waals surface area contributed by atoms with Gasteiger partial charge in [0, 0.05) is 11.6 Å². The van der Waals surface area contributed by atoms with Gasteiger partial charge in [-0.05, 0) is 50.2 Å². The highest BCUT2D eigenvalue weighted by Crippen LogP contribution is 2.30. The number of hydrogen-bond acceptors (Lipinski definition) is 4. The first-order chi connectivity index (χ1) is 9.95. The zero-order valence-electron chi connectivity index (χ0n) is 12.0. The van der Waals surface area contributed by atoms with E-state index < -0.39 is 5.91 Å². The van der Waals surface area contributed by atoms with E-state index in [1.807, 2.05) is 13.8 Å². The summed E-state index contributed by atoms with van der Waals surface area (Å²) in [4.78, 5) is 11.0. The predicted octanol–water partition coefficient (Wildman–Crippen LogP) is 2.95. The highest BCUT2D eigenvalue weighted by atomic mass is 16.5. The minimum Gasteiger partial charge on any atom is -0.489 e. The van der Waals surface area contributed by atoms with Crippen LogP contribution in [-0.4, -0.2) is 12.0 Å². The first kappa shape index (κ1) is 14.7. The second-order valence-corrected chi connectivity index (χ2v) is 4.86. The number of anilines is 1. The molecule has 4 N–H and O–H groups in total. The summed E-state index contributed by atoms with van der Waals surface area (Å²) < 4.78 is 11.3. The van der Waals surface area contributed by atoms with Crippen molar-refractivity contribution in [1.82, 2.24) is 0 Å². The molecule has 0 aromatic heterocycles. The first-order valence-corrected chi connectivity index (χ1v) is 6.59. The van der Waals surface area contributed by atoms with E-state index in [-0.39, 0.29) is 6.10 Å². The summed E-state index contributed by atoms with van der Waals surface area (Å²) >= 11 is 0. The number of carbonyl (C=O) groups is 1. The number of hydrogen-bond donors (Lipinski definition) is 2. The molecule has 0 radical (unpaired) electrons. The Labute approximate surface area is 123 Å². The Morgan fingerprint density at radius 3 is 2.24 bits per heavy atom. The number of amides is 1. The van der Waals surface area contributed by atoms with Gasteiger partial charge < -0.3 is 20.9 Å². The molecule has 0 aliphatic heterocycles. The summed E-state index contributed by atoms with van der Waals surface area (Å²) in [5, 5.41) is 0. The molecule has 1 amide bonds. The Morgan fingerprint density at radius 2 is 1.67 bits per heavy atom. The van der Waals surface area contributed by atoms with Crippen molar-refractivity contribution in [1.29, 1.82) is 0 Å². The van der Waals surface area contributed by atoms with Crippen LogP contribution in [0.4, 0.5) is 5.69 Å². The van der Waals surface area contributed by atoms with Crippen LogP contribution in [0.3, 0.4) is 0 Å². The lowest BCUT2D eigenvalue weighted by Crippen LogP contribution is -2.10. The number of primary amides is 1. The maximum absolute atomic E-state index is 11.0. The Morgan fingerprint density at radius 1 is 1.05 bits per heavy atom. The average molecular weight is 286 g/mol. The fraction of sp³-hybridized carbons (Fsp3) is 0.188. The summed E-state index contributed by atoms with van der Waals surface area (Å²) in [7, 11) is 0. The molecule has 2 aromatic carbocycles. The lowest BCUT2D eigenvalue weighted by Gasteiger charge is -2.14. The monoisotopic (exact) mass is 286 g/mol. The van der Waals surface area contributed by atoms with Crippen molar-refractivity contribution in [2.75, 3.05) is 5.73 Å². The molecular weight excluding hydrogens is 268 g/mol. The van der Waals surface area contributed by atoms with Crippen LogP contribution in [0.1, 0.15) is 24.2 Å². The van der Waals surface area contributed by atoms with Crippen LogP contribution in [0, 0.1) is 0 Å². The Bertz CT molecular complexity index is 636. The second-order valence-electron chi connectivity index (χ2n) is 4.86. The van der Waals surface area contributed by atoms with Gasteiger partial charge in [0.1, 0.15) is 17.2 Å². The molecule has 0 aliphatic carbocycles. The smallest absolute Gasteiger partial charge is 0.248 e. The van der Waals surface area contributed by atoms with Crippen LogP contribution < -0.4 is 20.9 Å². The van der Waals surface area contributed by atoms with Crippen molar-refractivity contribution in [3.63, 3.8) is 0 Å². The molecule has 0 bridgehead atoms. The van der Waals surface area contributed by atoms with Gasteiger partial charge in [-0.3, -0.25) is 4.79 Å². The quantitative estimate of drug-likeness (QED) is 0.827. The standard InChI is InChI=1S/C16H18N2O3/c1-10(2)20-15-9-13(7-8-14(15)17)21-12-5-3-11(4-6-12)16(18)19/h3-10H,17H2,1-2H3,(H2,18,19).